The van der Waals surface area contributed by atoms with E-state index in [2.05, 4.69) is 33.0 Å². The third-order valence-electron chi connectivity index (χ3n) is 7.08. The van der Waals surface area contributed by atoms with Crippen molar-refractivity contribution in [2.24, 2.45) is 11.3 Å². The summed E-state index contributed by atoms with van der Waals surface area (Å²) in [5.74, 6) is 0.423. The first-order valence-corrected chi connectivity index (χ1v) is 12.9. The molecule has 1 aromatic heterocycles. The number of carbonyl (C=O) groups is 2. The number of nitrogens with zero attached hydrogens (tertiary/aromatic N) is 1. The van der Waals surface area contributed by atoms with Gasteiger partial charge in [-0.3, -0.25) is 9.59 Å². The average Bonchev–Trinajstić information content (AvgIpc) is 3.10. The minimum atomic E-state index is -0.223. The fraction of sp³-hybridized carbons (Fsp3) is 0.538. The first kappa shape index (κ1) is 23.3. The summed E-state index contributed by atoms with van der Waals surface area (Å²) in [6.45, 7) is 9.80. The molecule has 0 saturated carbocycles. The molecule has 2 aromatic rings. The molecular formula is C26H33ClN2O2S. The van der Waals surface area contributed by atoms with Crippen LogP contribution in [0.25, 0.3) is 0 Å². The summed E-state index contributed by atoms with van der Waals surface area (Å²) < 4.78 is 0. The van der Waals surface area contributed by atoms with Gasteiger partial charge in [0.1, 0.15) is 5.00 Å². The van der Waals surface area contributed by atoms with Gasteiger partial charge in [-0.15, -0.1) is 11.3 Å². The molecule has 2 heterocycles. The van der Waals surface area contributed by atoms with Crippen LogP contribution in [0.1, 0.15) is 84.5 Å². The second kappa shape index (κ2) is 9.18. The van der Waals surface area contributed by atoms with E-state index < -0.39 is 0 Å². The van der Waals surface area contributed by atoms with Crippen molar-refractivity contribution in [2.75, 3.05) is 11.9 Å². The second-order valence-corrected chi connectivity index (χ2v) is 11.9. The summed E-state index contributed by atoms with van der Waals surface area (Å²) in [5, 5.41) is 4.29. The summed E-state index contributed by atoms with van der Waals surface area (Å²) in [5.41, 5.74) is 2.60. The Balaban J connectivity index is 1.70. The van der Waals surface area contributed by atoms with Gasteiger partial charge in [-0.05, 0) is 80.5 Å². The van der Waals surface area contributed by atoms with Crippen LogP contribution in [0.3, 0.4) is 0 Å². The number of fused-ring (bicyclic) bond motifs is 1. The number of likely N-dealkylation sites (tertiary alicyclic amines) is 1. The van der Waals surface area contributed by atoms with Crippen molar-refractivity contribution in [3.05, 3.63) is 50.9 Å². The molecule has 2 aliphatic rings. The van der Waals surface area contributed by atoms with Crippen molar-refractivity contribution in [1.82, 2.24) is 4.90 Å². The molecule has 1 fully saturated rings. The SMILES string of the molecule is CC1CCCCN1C(=O)c1c(NC(=O)c2cccc(Cl)c2)sc2c1CCC(C(C)(C)C)C2. The van der Waals surface area contributed by atoms with Crippen LogP contribution < -0.4 is 5.32 Å². The van der Waals surface area contributed by atoms with Gasteiger partial charge in [0.25, 0.3) is 11.8 Å². The molecule has 0 bridgehead atoms. The van der Waals surface area contributed by atoms with E-state index in [1.54, 1.807) is 35.6 Å². The van der Waals surface area contributed by atoms with Crippen LogP contribution in [0, 0.1) is 11.3 Å². The van der Waals surface area contributed by atoms with Crippen LogP contribution in [-0.2, 0) is 12.8 Å². The normalized spacial score (nSPS) is 21.2. The number of carbonyl (C=O) groups excluding carboxylic acids is 2. The molecule has 2 unspecified atom stereocenters. The van der Waals surface area contributed by atoms with Crippen LogP contribution >= 0.6 is 22.9 Å². The van der Waals surface area contributed by atoms with E-state index in [4.69, 9.17) is 11.6 Å². The number of halogens is 1. The highest BCUT2D eigenvalue weighted by atomic mass is 35.5. The molecule has 2 amide bonds. The number of piperidine rings is 1. The topological polar surface area (TPSA) is 49.4 Å². The fourth-order valence-electron chi connectivity index (χ4n) is 4.99. The first-order chi connectivity index (χ1) is 15.1. The average molecular weight is 473 g/mol. The van der Waals surface area contributed by atoms with E-state index in [-0.39, 0.29) is 23.3 Å². The van der Waals surface area contributed by atoms with Gasteiger partial charge < -0.3 is 10.2 Å². The number of rotatable bonds is 3. The highest BCUT2D eigenvalue weighted by molar-refractivity contribution is 7.17. The quantitative estimate of drug-likeness (QED) is 0.532. The first-order valence-electron chi connectivity index (χ1n) is 11.7. The maximum atomic E-state index is 13.8. The molecule has 6 heteroatoms. The Morgan fingerprint density at radius 1 is 1.19 bits per heavy atom. The van der Waals surface area contributed by atoms with Gasteiger partial charge in [0.2, 0.25) is 0 Å². The monoisotopic (exact) mass is 472 g/mol. The molecule has 4 nitrogen and oxygen atoms in total. The Hall–Kier alpha value is -1.85. The van der Waals surface area contributed by atoms with Gasteiger partial charge >= 0.3 is 0 Å². The fourth-order valence-corrected chi connectivity index (χ4v) is 6.49. The molecule has 1 aromatic carbocycles. The number of hydrogen-bond acceptors (Lipinski definition) is 3. The highest BCUT2D eigenvalue weighted by Gasteiger charge is 2.36. The van der Waals surface area contributed by atoms with Crippen LogP contribution in [0.2, 0.25) is 5.02 Å². The third kappa shape index (κ3) is 4.74. The summed E-state index contributed by atoms with van der Waals surface area (Å²) in [7, 11) is 0. The largest absolute Gasteiger partial charge is 0.336 e. The highest BCUT2D eigenvalue weighted by Crippen LogP contribution is 2.45. The van der Waals surface area contributed by atoms with Crippen LogP contribution in [-0.4, -0.2) is 29.3 Å². The predicted octanol–water partition coefficient (Wildman–Crippen LogP) is 6.82. The minimum Gasteiger partial charge on any atom is -0.336 e. The summed E-state index contributed by atoms with van der Waals surface area (Å²) in [4.78, 5) is 30.1. The maximum absolute atomic E-state index is 13.8. The van der Waals surface area contributed by atoms with Gasteiger partial charge in [0.05, 0.1) is 5.56 Å². The third-order valence-corrected chi connectivity index (χ3v) is 8.49. The minimum absolute atomic E-state index is 0.0744. The summed E-state index contributed by atoms with van der Waals surface area (Å²) in [6, 6.07) is 7.16. The van der Waals surface area contributed by atoms with Gasteiger partial charge in [-0.25, -0.2) is 0 Å². The molecule has 0 spiro atoms. The van der Waals surface area contributed by atoms with Crippen LogP contribution in [0.4, 0.5) is 5.00 Å². The number of benzene rings is 1. The van der Waals surface area contributed by atoms with E-state index in [9.17, 15) is 9.59 Å². The Bertz CT molecular complexity index is 1020. The van der Waals surface area contributed by atoms with Crippen molar-refractivity contribution in [3.63, 3.8) is 0 Å². The van der Waals surface area contributed by atoms with Gasteiger partial charge in [0, 0.05) is 28.0 Å². The smallest absolute Gasteiger partial charge is 0.257 e. The van der Waals surface area contributed by atoms with E-state index in [0.717, 1.165) is 56.2 Å². The zero-order valence-electron chi connectivity index (χ0n) is 19.5. The second-order valence-electron chi connectivity index (χ2n) is 10.3. The lowest BCUT2D eigenvalue weighted by molar-refractivity contribution is 0.0635. The standard InChI is InChI=1S/C26H33ClN2O2S/c1-16-8-5-6-13-29(16)25(31)22-20-12-11-18(26(2,3)4)15-21(20)32-24(22)28-23(30)17-9-7-10-19(27)14-17/h7,9-10,14,16,18H,5-6,8,11-13,15H2,1-4H3,(H,28,30). The van der Waals surface area contributed by atoms with E-state index in [0.29, 0.717) is 21.5 Å². The lowest BCUT2D eigenvalue weighted by Crippen LogP contribution is -2.42. The van der Waals surface area contributed by atoms with Crippen LogP contribution in [0.5, 0.6) is 0 Å². The van der Waals surface area contributed by atoms with Crippen molar-refractivity contribution in [1.29, 1.82) is 0 Å². The number of thiophene rings is 1. The van der Waals surface area contributed by atoms with Gasteiger partial charge in [0.15, 0.2) is 0 Å². The lowest BCUT2D eigenvalue weighted by Gasteiger charge is -2.35. The predicted molar refractivity (Wildman–Crippen MR) is 133 cm³/mol. The molecule has 1 N–H and O–H groups in total. The molecule has 2 atom stereocenters. The Labute approximate surface area is 200 Å². The number of amides is 2. The number of nitrogens with one attached hydrogen (secondary N) is 1. The summed E-state index contributed by atoms with van der Waals surface area (Å²) in [6.07, 6.45) is 6.17. The molecular weight excluding hydrogens is 440 g/mol. The molecule has 1 saturated heterocycles. The van der Waals surface area contributed by atoms with Crippen molar-refractivity contribution >= 4 is 39.8 Å². The summed E-state index contributed by atoms with van der Waals surface area (Å²) >= 11 is 7.68. The maximum Gasteiger partial charge on any atom is 0.257 e. The van der Waals surface area contributed by atoms with Crippen molar-refractivity contribution in [3.8, 4) is 0 Å². The van der Waals surface area contributed by atoms with Crippen molar-refractivity contribution < 1.29 is 9.59 Å². The lowest BCUT2D eigenvalue weighted by atomic mass is 9.72. The molecule has 172 valence electrons. The number of hydrogen-bond donors (Lipinski definition) is 1. The van der Waals surface area contributed by atoms with Crippen LogP contribution in [0.15, 0.2) is 24.3 Å². The molecule has 4 rings (SSSR count). The molecule has 1 aliphatic heterocycles. The zero-order chi connectivity index (χ0) is 23.0. The van der Waals surface area contributed by atoms with E-state index in [1.807, 2.05) is 4.90 Å². The molecule has 1 aliphatic carbocycles. The van der Waals surface area contributed by atoms with Gasteiger partial charge in [-0.2, -0.15) is 0 Å². The Kier molecular flexibility index (Phi) is 6.69. The van der Waals surface area contributed by atoms with E-state index >= 15 is 0 Å². The number of anilines is 1. The Morgan fingerprint density at radius 2 is 1.97 bits per heavy atom. The zero-order valence-corrected chi connectivity index (χ0v) is 21.0. The Morgan fingerprint density at radius 3 is 2.66 bits per heavy atom. The molecule has 32 heavy (non-hydrogen) atoms. The van der Waals surface area contributed by atoms with Crippen molar-refractivity contribution in [2.45, 2.75) is 72.3 Å². The van der Waals surface area contributed by atoms with Gasteiger partial charge in [-0.1, -0.05) is 38.4 Å². The molecule has 0 radical (unpaired) electrons. The van der Waals surface area contributed by atoms with E-state index in [1.165, 1.54) is 4.88 Å².